The van der Waals surface area contributed by atoms with E-state index in [2.05, 4.69) is 17.1 Å². The van der Waals surface area contributed by atoms with Gasteiger partial charge in [0.25, 0.3) is 0 Å². The molecule has 1 heterocycles. The molecule has 0 unspecified atom stereocenters. The molecule has 0 bridgehead atoms. The molecular weight excluding hydrogens is 240 g/mol. The molecule has 0 atom stereocenters. The van der Waals surface area contributed by atoms with Crippen LogP contribution >= 0.6 is 0 Å². The highest BCUT2D eigenvalue weighted by Crippen LogP contribution is 2.30. The fourth-order valence-electron chi connectivity index (χ4n) is 3.36. The maximum atomic E-state index is 12.1. The lowest BCUT2D eigenvalue weighted by atomic mass is 9.82. The van der Waals surface area contributed by atoms with E-state index in [1.54, 1.807) is 0 Å². The third-order valence-corrected chi connectivity index (χ3v) is 4.67. The molecule has 0 aromatic heterocycles. The number of hydrogen-bond acceptors (Lipinski definition) is 3. The van der Waals surface area contributed by atoms with Crippen LogP contribution in [0, 0.1) is 0 Å². The molecule has 2 N–H and O–H groups in total. The zero-order valence-electron chi connectivity index (χ0n) is 12.2. The molecule has 0 aromatic carbocycles. The highest BCUT2D eigenvalue weighted by Gasteiger charge is 2.32. The van der Waals surface area contributed by atoms with E-state index in [0.29, 0.717) is 12.5 Å². The summed E-state index contributed by atoms with van der Waals surface area (Å²) < 4.78 is 0. The van der Waals surface area contributed by atoms with Crippen LogP contribution < -0.4 is 5.32 Å². The Kier molecular flexibility index (Phi) is 5.22. The van der Waals surface area contributed by atoms with Gasteiger partial charge in [0.1, 0.15) is 0 Å². The van der Waals surface area contributed by atoms with Crippen molar-refractivity contribution < 1.29 is 9.90 Å². The first kappa shape index (κ1) is 14.8. The second-order valence-electron chi connectivity index (χ2n) is 6.24. The third-order valence-electron chi connectivity index (χ3n) is 4.67. The Labute approximate surface area is 116 Å². The summed E-state index contributed by atoms with van der Waals surface area (Å²) in [4.78, 5) is 14.5. The number of carbonyl (C=O) groups excluding carboxylic acids is 1. The summed E-state index contributed by atoms with van der Waals surface area (Å²) in [6, 6.07) is 0.308. The lowest BCUT2D eigenvalue weighted by molar-refractivity contribution is -0.128. The number of aliphatic hydroxyl groups is 1. The Bertz CT molecular complexity index is 293. The summed E-state index contributed by atoms with van der Waals surface area (Å²) in [6.07, 6.45) is 7.25. The molecule has 0 spiro atoms. The third kappa shape index (κ3) is 4.46. The summed E-state index contributed by atoms with van der Waals surface area (Å²) >= 11 is 0. The van der Waals surface area contributed by atoms with Crippen molar-refractivity contribution >= 4 is 5.91 Å². The minimum atomic E-state index is -0.730. The van der Waals surface area contributed by atoms with Crippen LogP contribution in [-0.4, -0.2) is 47.2 Å². The summed E-state index contributed by atoms with van der Waals surface area (Å²) in [6.45, 7) is 5.43. The Morgan fingerprint density at radius 2 is 1.89 bits per heavy atom. The van der Waals surface area contributed by atoms with Gasteiger partial charge in [-0.05, 0) is 32.2 Å². The van der Waals surface area contributed by atoms with Gasteiger partial charge in [0.15, 0.2) is 0 Å². The number of likely N-dealkylation sites (tertiary alicyclic amines) is 1. The number of carbonyl (C=O) groups is 1. The van der Waals surface area contributed by atoms with Gasteiger partial charge in [0, 0.05) is 19.1 Å². The summed E-state index contributed by atoms with van der Waals surface area (Å²) in [7, 11) is 0. The number of rotatable bonds is 4. The molecule has 1 aliphatic heterocycles. The van der Waals surface area contributed by atoms with Crippen LogP contribution in [0.3, 0.4) is 0 Å². The summed E-state index contributed by atoms with van der Waals surface area (Å²) in [5.74, 6) is 0.0411. The molecule has 1 amide bonds. The molecule has 4 heteroatoms. The molecule has 4 nitrogen and oxygen atoms in total. The topological polar surface area (TPSA) is 52.6 Å². The molecule has 110 valence electrons. The quantitative estimate of drug-likeness (QED) is 0.815. The Balaban J connectivity index is 1.72. The Morgan fingerprint density at radius 3 is 2.47 bits per heavy atom. The molecule has 0 radical (unpaired) electrons. The predicted molar refractivity (Wildman–Crippen MR) is 75.9 cm³/mol. The molecule has 19 heavy (non-hydrogen) atoms. The van der Waals surface area contributed by atoms with Gasteiger partial charge in [-0.2, -0.15) is 0 Å². The number of amides is 1. The Hall–Kier alpha value is -0.610. The van der Waals surface area contributed by atoms with Gasteiger partial charge in [0.05, 0.1) is 12.0 Å². The van der Waals surface area contributed by atoms with E-state index in [9.17, 15) is 9.90 Å². The maximum absolute atomic E-state index is 12.1. The fraction of sp³-hybridized carbons (Fsp3) is 0.933. The van der Waals surface area contributed by atoms with Crippen LogP contribution in [0.5, 0.6) is 0 Å². The summed E-state index contributed by atoms with van der Waals surface area (Å²) in [5.41, 5.74) is -0.730. The smallest absolute Gasteiger partial charge is 0.223 e. The number of nitrogens with one attached hydrogen (secondary N) is 1. The standard InChI is InChI=1S/C15H28N2O2/c1-2-17-10-6-13(7-11-17)16-14(18)12-15(19)8-4-3-5-9-15/h13,19H,2-12H2,1H3,(H,16,18). The molecular formula is C15H28N2O2. The van der Waals surface area contributed by atoms with E-state index in [4.69, 9.17) is 0 Å². The molecule has 0 aromatic rings. The van der Waals surface area contributed by atoms with Crippen LogP contribution in [0.25, 0.3) is 0 Å². The monoisotopic (exact) mass is 268 g/mol. The highest BCUT2D eigenvalue weighted by molar-refractivity contribution is 5.77. The van der Waals surface area contributed by atoms with E-state index < -0.39 is 5.60 Å². The second kappa shape index (κ2) is 6.71. The van der Waals surface area contributed by atoms with Gasteiger partial charge in [0.2, 0.25) is 5.91 Å². The number of piperidine rings is 1. The SMILES string of the molecule is CCN1CCC(NC(=O)CC2(O)CCCCC2)CC1. The van der Waals surface area contributed by atoms with Crippen molar-refractivity contribution in [3.63, 3.8) is 0 Å². The first-order valence-electron chi connectivity index (χ1n) is 7.85. The van der Waals surface area contributed by atoms with Crippen LogP contribution in [0.2, 0.25) is 0 Å². The first-order chi connectivity index (χ1) is 9.11. The van der Waals surface area contributed by atoms with E-state index in [1.807, 2.05) is 0 Å². The van der Waals surface area contributed by atoms with Crippen molar-refractivity contribution in [3.05, 3.63) is 0 Å². The zero-order valence-corrected chi connectivity index (χ0v) is 12.2. The molecule has 2 aliphatic rings. The Morgan fingerprint density at radius 1 is 1.26 bits per heavy atom. The van der Waals surface area contributed by atoms with Crippen molar-refractivity contribution in [1.29, 1.82) is 0 Å². The number of hydrogen-bond donors (Lipinski definition) is 2. The fourth-order valence-corrected chi connectivity index (χ4v) is 3.36. The van der Waals surface area contributed by atoms with Crippen LogP contribution in [0.1, 0.15) is 58.3 Å². The zero-order chi connectivity index (χ0) is 13.7. The average molecular weight is 268 g/mol. The van der Waals surface area contributed by atoms with E-state index in [1.165, 1.54) is 6.42 Å². The van der Waals surface area contributed by atoms with Crippen molar-refractivity contribution in [2.45, 2.75) is 69.9 Å². The summed E-state index contributed by atoms with van der Waals surface area (Å²) in [5, 5.41) is 13.5. The maximum Gasteiger partial charge on any atom is 0.223 e. The molecule has 1 aliphatic carbocycles. The highest BCUT2D eigenvalue weighted by atomic mass is 16.3. The van der Waals surface area contributed by atoms with Crippen LogP contribution in [-0.2, 0) is 4.79 Å². The van der Waals surface area contributed by atoms with Gasteiger partial charge in [-0.15, -0.1) is 0 Å². The van der Waals surface area contributed by atoms with Gasteiger partial charge in [-0.3, -0.25) is 4.79 Å². The van der Waals surface area contributed by atoms with Crippen molar-refractivity contribution in [1.82, 2.24) is 10.2 Å². The van der Waals surface area contributed by atoms with E-state index in [0.717, 1.165) is 58.2 Å². The van der Waals surface area contributed by atoms with Gasteiger partial charge < -0.3 is 15.3 Å². The molecule has 1 saturated heterocycles. The van der Waals surface area contributed by atoms with Gasteiger partial charge in [-0.1, -0.05) is 26.2 Å². The predicted octanol–water partition coefficient (Wildman–Crippen LogP) is 1.67. The minimum Gasteiger partial charge on any atom is -0.389 e. The van der Waals surface area contributed by atoms with Crippen molar-refractivity contribution in [2.75, 3.05) is 19.6 Å². The second-order valence-corrected chi connectivity index (χ2v) is 6.24. The largest absolute Gasteiger partial charge is 0.389 e. The normalized spacial score (nSPS) is 25.2. The molecule has 2 fully saturated rings. The van der Waals surface area contributed by atoms with Gasteiger partial charge >= 0.3 is 0 Å². The van der Waals surface area contributed by atoms with Crippen molar-refractivity contribution in [2.24, 2.45) is 0 Å². The number of nitrogens with zero attached hydrogens (tertiary/aromatic N) is 1. The molecule has 2 rings (SSSR count). The lowest BCUT2D eigenvalue weighted by Crippen LogP contribution is -2.46. The minimum absolute atomic E-state index is 0.0411. The average Bonchev–Trinajstić information content (AvgIpc) is 2.39. The van der Waals surface area contributed by atoms with Crippen LogP contribution in [0.4, 0.5) is 0 Å². The van der Waals surface area contributed by atoms with Crippen molar-refractivity contribution in [3.8, 4) is 0 Å². The molecule has 1 saturated carbocycles. The van der Waals surface area contributed by atoms with Crippen LogP contribution in [0.15, 0.2) is 0 Å². The van der Waals surface area contributed by atoms with Gasteiger partial charge in [-0.25, -0.2) is 0 Å². The lowest BCUT2D eigenvalue weighted by Gasteiger charge is -2.34. The van der Waals surface area contributed by atoms with E-state index >= 15 is 0 Å². The van der Waals surface area contributed by atoms with E-state index in [-0.39, 0.29) is 5.91 Å². The first-order valence-corrected chi connectivity index (χ1v) is 7.85.